The highest BCUT2D eigenvalue weighted by atomic mass is 35.5. The van der Waals surface area contributed by atoms with E-state index in [1.54, 1.807) is 6.92 Å². The van der Waals surface area contributed by atoms with E-state index in [9.17, 15) is 17.6 Å². The molecule has 7 heteroatoms. The summed E-state index contributed by atoms with van der Waals surface area (Å²) in [7, 11) is 0. The van der Waals surface area contributed by atoms with E-state index in [1.807, 2.05) is 0 Å². The second kappa shape index (κ2) is 4.77. The smallest absolute Gasteiger partial charge is 0.236 e. The maximum Gasteiger partial charge on any atom is 0.419 e. The van der Waals surface area contributed by atoms with Gasteiger partial charge in [-0.15, -0.1) is 0 Å². The van der Waals surface area contributed by atoms with Crippen molar-refractivity contribution in [2.75, 3.05) is 0 Å². The van der Waals surface area contributed by atoms with Crippen molar-refractivity contribution in [2.45, 2.75) is 13.1 Å². The van der Waals surface area contributed by atoms with Gasteiger partial charge in [-0.3, -0.25) is 0 Å². The molecule has 19 heavy (non-hydrogen) atoms. The molecule has 0 spiro atoms. The lowest BCUT2D eigenvalue weighted by atomic mass is 10.1. The Kier molecular flexibility index (Phi) is 3.45. The number of alkyl halides is 3. The number of hydrogen-bond donors (Lipinski definition) is 0. The van der Waals surface area contributed by atoms with Gasteiger partial charge in [0.1, 0.15) is 17.3 Å². The molecule has 0 fully saturated rings. The Bertz CT molecular complexity index is 626. The van der Waals surface area contributed by atoms with Crippen LogP contribution in [0.3, 0.4) is 0 Å². The lowest BCUT2D eigenvalue weighted by Crippen LogP contribution is -2.08. The zero-order valence-corrected chi connectivity index (χ0v) is 10.3. The molecule has 0 saturated heterocycles. The van der Waals surface area contributed by atoms with Crippen molar-refractivity contribution in [3.05, 3.63) is 46.6 Å². The van der Waals surface area contributed by atoms with Crippen molar-refractivity contribution >= 4 is 11.6 Å². The molecule has 0 bridgehead atoms. The summed E-state index contributed by atoms with van der Waals surface area (Å²) in [4.78, 5) is 7.62. The van der Waals surface area contributed by atoms with E-state index in [2.05, 4.69) is 9.97 Å². The summed E-state index contributed by atoms with van der Waals surface area (Å²) in [6.07, 6.45) is -3.55. The van der Waals surface area contributed by atoms with Crippen LogP contribution >= 0.6 is 11.6 Å². The molecule has 1 heterocycles. The van der Waals surface area contributed by atoms with Crippen molar-refractivity contribution < 1.29 is 17.6 Å². The molecular weight excluding hydrogens is 284 g/mol. The van der Waals surface area contributed by atoms with Gasteiger partial charge in [-0.05, 0) is 19.1 Å². The number of halogens is 5. The highest BCUT2D eigenvalue weighted by Gasteiger charge is 2.34. The summed E-state index contributed by atoms with van der Waals surface area (Å²) in [5, 5.41) is 0.172. The van der Waals surface area contributed by atoms with Crippen LogP contribution in [0.15, 0.2) is 24.5 Å². The second-order valence-electron chi connectivity index (χ2n) is 3.83. The second-order valence-corrected chi connectivity index (χ2v) is 4.19. The Morgan fingerprint density at radius 3 is 2.42 bits per heavy atom. The first-order chi connectivity index (χ1) is 8.80. The number of benzene rings is 1. The third kappa shape index (κ3) is 2.68. The predicted octanol–water partition coefficient (Wildman–Crippen LogP) is 4.26. The van der Waals surface area contributed by atoms with Gasteiger partial charge in [0, 0.05) is 11.1 Å². The van der Waals surface area contributed by atoms with E-state index in [-0.39, 0.29) is 10.7 Å². The molecule has 0 unspecified atom stereocenters. The molecular formula is C12H7ClF4N2. The molecule has 2 nitrogen and oxygen atoms in total. The molecule has 0 aliphatic rings. The third-order valence-electron chi connectivity index (χ3n) is 2.57. The van der Waals surface area contributed by atoms with E-state index in [4.69, 9.17) is 11.6 Å². The van der Waals surface area contributed by atoms with Crippen LogP contribution in [0.1, 0.15) is 11.1 Å². The van der Waals surface area contributed by atoms with Crippen LogP contribution in [-0.4, -0.2) is 9.97 Å². The average molecular weight is 291 g/mol. The minimum atomic E-state index is -4.72. The van der Waals surface area contributed by atoms with Crippen molar-refractivity contribution in [3.8, 4) is 11.3 Å². The topological polar surface area (TPSA) is 25.8 Å². The fourth-order valence-corrected chi connectivity index (χ4v) is 1.75. The molecule has 1 aromatic heterocycles. The molecule has 0 atom stereocenters. The van der Waals surface area contributed by atoms with Crippen LogP contribution in [0.5, 0.6) is 0 Å². The van der Waals surface area contributed by atoms with Gasteiger partial charge in [-0.25, -0.2) is 14.4 Å². The lowest BCUT2D eigenvalue weighted by Gasteiger charge is -2.10. The zero-order valence-electron chi connectivity index (χ0n) is 9.59. The first-order valence-corrected chi connectivity index (χ1v) is 5.52. The van der Waals surface area contributed by atoms with E-state index >= 15 is 0 Å². The lowest BCUT2D eigenvalue weighted by molar-refractivity contribution is -0.139. The molecule has 0 saturated carbocycles. The standard InChI is InChI=1S/C12H7ClF4N2/c1-6-10(18-5-19-11(6)13)7-2-3-8(9(14)4-7)12(15,16)17/h2-5H,1H3. The number of hydrogen-bond acceptors (Lipinski definition) is 2. The minimum absolute atomic E-state index is 0.172. The normalized spacial score (nSPS) is 11.7. The van der Waals surface area contributed by atoms with E-state index in [1.165, 1.54) is 6.33 Å². The number of nitrogens with zero attached hydrogens (tertiary/aromatic N) is 2. The summed E-state index contributed by atoms with van der Waals surface area (Å²) in [5.74, 6) is -1.35. The van der Waals surface area contributed by atoms with Crippen molar-refractivity contribution in [3.63, 3.8) is 0 Å². The zero-order chi connectivity index (χ0) is 14.2. The van der Waals surface area contributed by atoms with Gasteiger partial charge in [0.05, 0.1) is 11.3 Å². The van der Waals surface area contributed by atoms with Crippen LogP contribution in [-0.2, 0) is 6.18 Å². The van der Waals surface area contributed by atoms with Crippen LogP contribution in [0, 0.1) is 12.7 Å². The summed E-state index contributed by atoms with van der Waals surface area (Å²) in [6.45, 7) is 1.60. The van der Waals surface area contributed by atoms with Gasteiger partial charge in [-0.1, -0.05) is 17.7 Å². The summed E-state index contributed by atoms with van der Waals surface area (Å²) in [6, 6.07) is 2.62. The molecule has 0 radical (unpaired) electrons. The number of rotatable bonds is 1. The summed E-state index contributed by atoms with van der Waals surface area (Å²) < 4.78 is 50.8. The van der Waals surface area contributed by atoms with E-state index < -0.39 is 17.6 Å². The fourth-order valence-electron chi connectivity index (χ4n) is 1.61. The highest BCUT2D eigenvalue weighted by Crippen LogP contribution is 2.34. The molecule has 2 rings (SSSR count). The van der Waals surface area contributed by atoms with Crippen molar-refractivity contribution in [2.24, 2.45) is 0 Å². The third-order valence-corrected chi connectivity index (χ3v) is 2.95. The maximum absolute atomic E-state index is 13.5. The molecule has 2 aromatic rings. The Hall–Kier alpha value is -1.69. The van der Waals surface area contributed by atoms with Gasteiger partial charge in [0.25, 0.3) is 0 Å². The van der Waals surface area contributed by atoms with Crippen molar-refractivity contribution in [1.82, 2.24) is 9.97 Å². The number of aromatic nitrogens is 2. The Morgan fingerprint density at radius 1 is 1.16 bits per heavy atom. The van der Waals surface area contributed by atoms with Gasteiger partial charge in [-0.2, -0.15) is 13.2 Å². The molecule has 1 aromatic carbocycles. The average Bonchev–Trinajstić information content (AvgIpc) is 2.31. The Balaban J connectivity index is 2.54. The van der Waals surface area contributed by atoms with Crippen LogP contribution < -0.4 is 0 Å². The summed E-state index contributed by atoms with van der Waals surface area (Å²) >= 11 is 5.78. The van der Waals surface area contributed by atoms with Crippen LogP contribution in [0.2, 0.25) is 5.15 Å². The minimum Gasteiger partial charge on any atom is -0.236 e. The van der Waals surface area contributed by atoms with E-state index in [0.29, 0.717) is 17.3 Å². The van der Waals surface area contributed by atoms with E-state index in [0.717, 1.165) is 12.1 Å². The Labute approximate surface area is 111 Å². The predicted molar refractivity (Wildman–Crippen MR) is 62.2 cm³/mol. The molecule has 0 N–H and O–H groups in total. The van der Waals surface area contributed by atoms with Crippen LogP contribution in [0.25, 0.3) is 11.3 Å². The summed E-state index contributed by atoms with van der Waals surface area (Å²) in [5.41, 5.74) is -0.322. The molecule has 0 aliphatic heterocycles. The largest absolute Gasteiger partial charge is 0.419 e. The van der Waals surface area contributed by atoms with Gasteiger partial charge >= 0.3 is 6.18 Å². The van der Waals surface area contributed by atoms with Crippen molar-refractivity contribution in [1.29, 1.82) is 0 Å². The van der Waals surface area contributed by atoms with Gasteiger partial charge in [0.2, 0.25) is 0 Å². The van der Waals surface area contributed by atoms with Crippen LogP contribution in [0.4, 0.5) is 17.6 Å². The van der Waals surface area contributed by atoms with Gasteiger partial charge in [0.15, 0.2) is 0 Å². The van der Waals surface area contributed by atoms with Gasteiger partial charge < -0.3 is 0 Å². The SMILES string of the molecule is Cc1c(Cl)ncnc1-c1ccc(C(F)(F)F)c(F)c1. The first kappa shape index (κ1) is 13.7. The molecule has 0 amide bonds. The fraction of sp³-hybridized carbons (Fsp3) is 0.167. The molecule has 0 aliphatic carbocycles. The maximum atomic E-state index is 13.5. The monoisotopic (exact) mass is 290 g/mol. The highest BCUT2D eigenvalue weighted by molar-refractivity contribution is 6.30. The quantitative estimate of drug-likeness (QED) is 0.579. The Morgan fingerprint density at radius 2 is 1.84 bits per heavy atom. The first-order valence-electron chi connectivity index (χ1n) is 5.15. The molecule has 100 valence electrons.